The van der Waals surface area contributed by atoms with Crippen LogP contribution in [0.2, 0.25) is 0 Å². The summed E-state index contributed by atoms with van der Waals surface area (Å²) in [7, 11) is 1.55. The van der Waals surface area contributed by atoms with Crippen molar-refractivity contribution in [3.05, 3.63) is 29.8 Å². The molecule has 1 saturated heterocycles. The lowest BCUT2D eigenvalue weighted by Gasteiger charge is -2.34. The van der Waals surface area contributed by atoms with E-state index in [1.807, 2.05) is 32.9 Å². The number of rotatable bonds is 4. The Labute approximate surface area is 149 Å². The fraction of sp³-hybridized carbons (Fsp3) is 0.579. The molecule has 138 valence electrons. The molecule has 1 aromatic rings. The van der Waals surface area contributed by atoms with Gasteiger partial charge < -0.3 is 19.7 Å². The number of amides is 2. The summed E-state index contributed by atoms with van der Waals surface area (Å²) in [4.78, 5) is 26.3. The number of nitrogens with zero attached hydrogens (tertiary/aromatic N) is 1. The average molecular weight is 348 g/mol. The molecule has 1 aromatic carbocycles. The summed E-state index contributed by atoms with van der Waals surface area (Å²) in [5.74, 6) is 0.616. The largest absolute Gasteiger partial charge is 0.496 e. The molecule has 25 heavy (non-hydrogen) atoms. The highest BCUT2D eigenvalue weighted by molar-refractivity contribution is 5.96. The van der Waals surface area contributed by atoms with Gasteiger partial charge >= 0.3 is 6.09 Å². The third-order valence-corrected chi connectivity index (χ3v) is 4.07. The quantitative estimate of drug-likeness (QED) is 0.908. The first kappa shape index (κ1) is 19.1. The zero-order valence-electron chi connectivity index (χ0n) is 15.5. The molecule has 1 N–H and O–H groups in total. The second-order valence-corrected chi connectivity index (χ2v) is 7.34. The minimum absolute atomic E-state index is 0.160. The van der Waals surface area contributed by atoms with Gasteiger partial charge in [0.2, 0.25) is 0 Å². The maximum atomic E-state index is 12.4. The number of ether oxygens (including phenoxy) is 2. The van der Waals surface area contributed by atoms with Crippen LogP contribution in [-0.2, 0) is 4.74 Å². The van der Waals surface area contributed by atoms with Crippen molar-refractivity contribution in [2.75, 3.05) is 26.7 Å². The number of carbonyl (C=O) groups is 2. The lowest BCUT2D eigenvalue weighted by molar-refractivity contribution is 0.0167. The lowest BCUT2D eigenvalue weighted by atomic mass is 9.98. The van der Waals surface area contributed by atoms with Gasteiger partial charge in [0.15, 0.2) is 0 Å². The smallest absolute Gasteiger partial charge is 0.410 e. The Morgan fingerprint density at radius 2 is 2.00 bits per heavy atom. The van der Waals surface area contributed by atoms with Crippen LogP contribution in [0.5, 0.6) is 5.75 Å². The normalized spacial score (nSPS) is 17.8. The van der Waals surface area contributed by atoms with Crippen LogP contribution in [0.4, 0.5) is 4.79 Å². The van der Waals surface area contributed by atoms with E-state index in [2.05, 4.69) is 5.32 Å². The number of piperidine rings is 1. The molecule has 1 fully saturated rings. The summed E-state index contributed by atoms with van der Waals surface area (Å²) in [6, 6.07) is 7.14. The SMILES string of the molecule is COc1ccccc1C(=O)NCC1CCCN(C(=O)OC(C)(C)C)C1. The van der Waals surface area contributed by atoms with E-state index in [4.69, 9.17) is 9.47 Å². The predicted octanol–water partition coefficient (Wildman–Crippen LogP) is 3.07. The van der Waals surface area contributed by atoms with Crippen molar-refractivity contribution >= 4 is 12.0 Å². The van der Waals surface area contributed by atoms with E-state index in [-0.39, 0.29) is 17.9 Å². The maximum absolute atomic E-state index is 12.4. The van der Waals surface area contributed by atoms with Crippen molar-refractivity contribution in [1.29, 1.82) is 0 Å². The summed E-state index contributed by atoms with van der Waals surface area (Å²) in [5, 5.41) is 2.95. The van der Waals surface area contributed by atoms with E-state index in [1.54, 1.807) is 24.1 Å². The van der Waals surface area contributed by atoms with Gasteiger partial charge in [0.25, 0.3) is 5.91 Å². The van der Waals surface area contributed by atoms with Gasteiger partial charge in [0.1, 0.15) is 11.4 Å². The molecule has 2 rings (SSSR count). The van der Waals surface area contributed by atoms with E-state index in [0.717, 1.165) is 12.8 Å². The summed E-state index contributed by atoms with van der Waals surface area (Å²) in [6.07, 6.45) is 1.60. The second-order valence-electron chi connectivity index (χ2n) is 7.34. The molecule has 1 aliphatic rings. The Bertz CT molecular complexity index is 610. The van der Waals surface area contributed by atoms with Crippen LogP contribution >= 0.6 is 0 Å². The van der Waals surface area contributed by atoms with Crippen molar-refractivity contribution in [1.82, 2.24) is 10.2 Å². The number of hydrogen-bond acceptors (Lipinski definition) is 4. The highest BCUT2D eigenvalue weighted by Gasteiger charge is 2.28. The van der Waals surface area contributed by atoms with E-state index < -0.39 is 5.60 Å². The second kappa shape index (κ2) is 8.23. The molecule has 0 spiro atoms. The molecule has 0 aliphatic carbocycles. The third kappa shape index (κ3) is 5.66. The Hall–Kier alpha value is -2.24. The molecule has 1 atom stereocenters. The fourth-order valence-corrected chi connectivity index (χ4v) is 2.89. The number of nitrogens with one attached hydrogen (secondary N) is 1. The first-order valence-electron chi connectivity index (χ1n) is 8.69. The van der Waals surface area contributed by atoms with Crippen molar-refractivity contribution in [2.45, 2.75) is 39.2 Å². The standard InChI is InChI=1S/C19H28N2O4/c1-19(2,3)25-18(23)21-11-7-8-14(13-21)12-20-17(22)15-9-5-6-10-16(15)24-4/h5-6,9-10,14H,7-8,11-13H2,1-4H3,(H,20,22). The summed E-state index contributed by atoms with van der Waals surface area (Å²) < 4.78 is 10.7. The molecule has 6 heteroatoms. The monoisotopic (exact) mass is 348 g/mol. The van der Waals surface area contributed by atoms with Crippen LogP contribution in [0.1, 0.15) is 44.0 Å². The van der Waals surface area contributed by atoms with Gasteiger partial charge in [-0.1, -0.05) is 12.1 Å². The van der Waals surface area contributed by atoms with Gasteiger partial charge in [0, 0.05) is 19.6 Å². The molecule has 2 amide bonds. The Morgan fingerprint density at radius 3 is 2.68 bits per heavy atom. The summed E-state index contributed by atoms with van der Waals surface area (Å²) in [5.41, 5.74) is 0.0204. The number of methoxy groups -OCH3 is 1. The van der Waals surface area contributed by atoms with Crippen LogP contribution < -0.4 is 10.1 Å². The Kier molecular flexibility index (Phi) is 6.28. The zero-order valence-corrected chi connectivity index (χ0v) is 15.5. The van der Waals surface area contributed by atoms with E-state index in [0.29, 0.717) is 30.9 Å². The van der Waals surface area contributed by atoms with Crippen molar-refractivity contribution in [3.8, 4) is 5.75 Å². The van der Waals surface area contributed by atoms with Crippen LogP contribution in [0.25, 0.3) is 0 Å². The highest BCUT2D eigenvalue weighted by atomic mass is 16.6. The first-order chi connectivity index (χ1) is 11.8. The van der Waals surface area contributed by atoms with Crippen LogP contribution in [-0.4, -0.2) is 49.2 Å². The van der Waals surface area contributed by atoms with E-state index in [9.17, 15) is 9.59 Å². The molecular formula is C19H28N2O4. The maximum Gasteiger partial charge on any atom is 0.410 e. The van der Waals surface area contributed by atoms with Gasteiger partial charge in [-0.05, 0) is 51.7 Å². The molecule has 0 aromatic heterocycles. The minimum atomic E-state index is -0.498. The molecule has 6 nitrogen and oxygen atoms in total. The molecule has 1 heterocycles. The number of carbonyl (C=O) groups excluding carboxylic acids is 2. The number of likely N-dealkylation sites (tertiary alicyclic amines) is 1. The van der Waals surface area contributed by atoms with Crippen molar-refractivity contribution in [2.24, 2.45) is 5.92 Å². The lowest BCUT2D eigenvalue weighted by Crippen LogP contribution is -2.45. The number of benzene rings is 1. The molecule has 1 aliphatic heterocycles. The highest BCUT2D eigenvalue weighted by Crippen LogP contribution is 2.20. The topological polar surface area (TPSA) is 67.9 Å². The number of hydrogen-bond donors (Lipinski definition) is 1. The molecule has 0 radical (unpaired) electrons. The van der Waals surface area contributed by atoms with Crippen LogP contribution in [0, 0.1) is 5.92 Å². The molecule has 1 unspecified atom stereocenters. The van der Waals surface area contributed by atoms with Gasteiger partial charge in [0.05, 0.1) is 12.7 Å². The summed E-state index contributed by atoms with van der Waals surface area (Å²) in [6.45, 7) is 7.41. The molecule has 0 saturated carbocycles. The molecular weight excluding hydrogens is 320 g/mol. The van der Waals surface area contributed by atoms with Gasteiger partial charge in [-0.25, -0.2) is 4.79 Å². The van der Waals surface area contributed by atoms with Crippen molar-refractivity contribution < 1.29 is 19.1 Å². The van der Waals surface area contributed by atoms with E-state index >= 15 is 0 Å². The molecule has 0 bridgehead atoms. The van der Waals surface area contributed by atoms with Crippen LogP contribution in [0.15, 0.2) is 24.3 Å². The third-order valence-electron chi connectivity index (χ3n) is 4.07. The van der Waals surface area contributed by atoms with Gasteiger partial charge in [-0.15, -0.1) is 0 Å². The first-order valence-corrected chi connectivity index (χ1v) is 8.69. The fourth-order valence-electron chi connectivity index (χ4n) is 2.89. The predicted molar refractivity (Wildman–Crippen MR) is 95.9 cm³/mol. The number of para-hydroxylation sites is 1. The zero-order chi connectivity index (χ0) is 18.4. The minimum Gasteiger partial charge on any atom is -0.496 e. The average Bonchev–Trinajstić information content (AvgIpc) is 2.58. The Morgan fingerprint density at radius 1 is 1.28 bits per heavy atom. The van der Waals surface area contributed by atoms with Gasteiger partial charge in [-0.2, -0.15) is 0 Å². The Balaban J connectivity index is 1.88. The van der Waals surface area contributed by atoms with E-state index in [1.165, 1.54) is 0 Å². The van der Waals surface area contributed by atoms with Crippen molar-refractivity contribution in [3.63, 3.8) is 0 Å². The van der Waals surface area contributed by atoms with Gasteiger partial charge in [-0.3, -0.25) is 4.79 Å². The van der Waals surface area contributed by atoms with Crippen LogP contribution in [0.3, 0.4) is 0 Å². The summed E-state index contributed by atoms with van der Waals surface area (Å²) >= 11 is 0.